The van der Waals surface area contributed by atoms with Crippen LogP contribution in [0.1, 0.15) is 21.5 Å². The number of fused-ring (bicyclic) bond motifs is 1. The van der Waals surface area contributed by atoms with Gasteiger partial charge in [-0.2, -0.15) is 4.31 Å². The van der Waals surface area contributed by atoms with E-state index in [9.17, 15) is 13.2 Å². The molecule has 2 heterocycles. The first-order valence-electron chi connectivity index (χ1n) is 11.4. The van der Waals surface area contributed by atoms with Crippen LogP contribution in [0.4, 0.5) is 6.01 Å². The third kappa shape index (κ3) is 4.91. The number of ether oxygens (including phenoxy) is 2. The molecule has 0 unspecified atom stereocenters. The van der Waals surface area contributed by atoms with Gasteiger partial charge in [-0.25, -0.2) is 8.42 Å². The van der Waals surface area contributed by atoms with E-state index in [2.05, 4.69) is 15.5 Å². The van der Waals surface area contributed by atoms with Gasteiger partial charge in [0.1, 0.15) is 0 Å². The predicted molar refractivity (Wildman–Crippen MR) is 135 cm³/mol. The Bertz CT molecular complexity index is 1550. The molecule has 4 aromatic rings. The third-order valence-corrected chi connectivity index (χ3v) is 7.99. The van der Waals surface area contributed by atoms with Crippen LogP contribution in [0.25, 0.3) is 11.5 Å². The SMILES string of the molecule is COc1ccc(-c2nnc(NC(=O)c3ccc(S(=O)(=O)N4CCc5ccccc5C4)cc3)o2)cc1OC. The van der Waals surface area contributed by atoms with E-state index < -0.39 is 15.9 Å². The van der Waals surface area contributed by atoms with Crippen molar-refractivity contribution in [1.29, 1.82) is 0 Å². The smallest absolute Gasteiger partial charge is 0.322 e. The number of carbonyl (C=O) groups excluding carboxylic acids is 1. The average molecular weight is 521 g/mol. The molecule has 1 N–H and O–H groups in total. The van der Waals surface area contributed by atoms with Crippen LogP contribution >= 0.6 is 0 Å². The Morgan fingerprint density at radius 2 is 1.68 bits per heavy atom. The number of carbonyl (C=O) groups is 1. The number of anilines is 1. The quantitative estimate of drug-likeness (QED) is 0.391. The molecule has 3 aromatic carbocycles. The molecule has 190 valence electrons. The largest absolute Gasteiger partial charge is 0.493 e. The second kappa shape index (κ2) is 10.0. The van der Waals surface area contributed by atoms with Crippen LogP contribution in [0.5, 0.6) is 11.5 Å². The molecule has 5 rings (SSSR count). The van der Waals surface area contributed by atoms with E-state index in [0.717, 1.165) is 11.1 Å². The zero-order chi connectivity index (χ0) is 26.0. The van der Waals surface area contributed by atoms with Gasteiger partial charge >= 0.3 is 6.01 Å². The lowest BCUT2D eigenvalue weighted by Crippen LogP contribution is -2.35. The molecular formula is C26H24N4O6S. The summed E-state index contributed by atoms with van der Waals surface area (Å²) in [5.74, 6) is 0.710. The fourth-order valence-electron chi connectivity index (χ4n) is 4.13. The van der Waals surface area contributed by atoms with Crippen molar-refractivity contribution in [3.63, 3.8) is 0 Å². The summed E-state index contributed by atoms with van der Waals surface area (Å²) < 4.78 is 43.9. The number of nitrogens with one attached hydrogen (secondary N) is 1. The van der Waals surface area contributed by atoms with E-state index in [1.165, 1.54) is 42.8 Å². The van der Waals surface area contributed by atoms with Crippen molar-refractivity contribution in [3.05, 3.63) is 83.4 Å². The lowest BCUT2D eigenvalue weighted by molar-refractivity contribution is 0.102. The minimum absolute atomic E-state index is 0.0986. The fraction of sp³-hybridized carbons (Fsp3) is 0.192. The van der Waals surface area contributed by atoms with Crippen LogP contribution in [-0.2, 0) is 23.0 Å². The number of hydrogen-bond donors (Lipinski definition) is 1. The van der Waals surface area contributed by atoms with Gasteiger partial charge in [-0.1, -0.05) is 29.4 Å². The number of amides is 1. The molecular weight excluding hydrogens is 496 g/mol. The molecule has 0 fully saturated rings. The molecule has 0 aliphatic carbocycles. The summed E-state index contributed by atoms with van der Waals surface area (Å²) in [4.78, 5) is 12.8. The summed E-state index contributed by atoms with van der Waals surface area (Å²) in [5.41, 5.74) is 2.99. The molecule has 1 aromatic heterocycles. The molecule has 0 saturated heterocycles. The highest BCUT2D eigenvalue weighted by Gasteiger charge is 2.28. The van der Waals surface area contributed by atoms with Crippen molar-refractivity contribution in [2.75, 3.05) is 26.1 Å². The Kier molecular flexibility index (Phi) is 6.64. The molecule has 37 heavy (non-hydrogen) atoms. The Morgan fingerprint density at radius 1 is 0.946 bits per heavy atom. The Hall–Kier alpha value is -4.22. The molecule has 0 saturated carbocycles. The summed E-state index contributed by atoms with van der Waals surface area (Å²) in [7, 11) is -0.651. The van der Waals surface area contributed by atoms with Crippen LogP contribution in [0.15, 0.2) is 76.0 Å². The minimum atomic E-state index is -3.70. The number of sulfonamides is 1. The standard InChI is InChI=1S/C26H24N4O6S/c1-34-22-12-9-19(15-23(22)35-2)25-28-29-26(36-25)27-24(31)18-7-10-21(11-8-18)37(32,33)30-14-13-17-5-3-4-6-20(17)16-30/h3-12,15H,13-14,16H2,1-2H3,(H,27,29,31). The van der Waals surface area contributed by atoms with Gasteiger partial charge in [-0.05, 0) is 60.0 Å². The summed E-state index contributed by atoms with van der Waals surface area (Å²) in [6.07, 6.45) is 0.658. The van der Waals surface area contributed by atoms with E-state index in [-0.39, 0.29) is 22.4 Å². The lowest BCUT2D eigenvalue weighted by atomic mass is 10.0. The maximum absolute atomic E-state index is 13.2. The zero-order valence-electron chi connectivity index (χ0n) is 20.2. The first kappa shape index (κ1) is 24.5. The summed E-state index contributed by atoms with van der Waals surface area (Å²) in [5, 5.41) is 10.4. The topological polar surface area (TPSA) is 124 Å². The van der Waals surface area contributed by atoms with Gasteiger partial charge in [0.2, 0.25) is 15.9 Å². The summed E-state index contributed by atoms with van der Waals surface area (Å²) in [6, 6.07) is 18.6. The molecule has 1 amide bonds. The molecule has 11 heteroatoms. The highest BCUT2D eigenvalue weighted by molar-refractivity contribution is 7.89. The first-order valence-corrected chi connectivity index (χ1v) is 12.9. The van der Waals surface area contributed by atoms with Gasteiger partial charge in [0.05, 0.1) is 19.1 Å². The van der Waals surface area contributed by atoms with Gasteiger partial charge in [0, 0.05) is 24.2 Å². The lowest BCUT2D eigenvalue weighted by Gasteiger charge is -2.28. The van der Waals surface area contributed by atoms with E-state index >= 15 is 0 Å². The predicted octanol–water partition coefficient (Wildman–Crippen LogP) is 3.75. The highest BCUT2D eigenvalue weighted by Crippen LogP contribution is 2.32. The van der Waals surface area contributed by atoms with E-state index in [0.29, 0.717) is 36.6 Å². The fourth-order valence-corrected chi connectivity index (χ4v) is 5.55. The monoisotopic (exact) mass is 520 g/mol. The first-order chi connectivity index (χ1) is 17.9. The highest BCUT2D eigenvalue weighted by atomic mass is 32.2. The van der Waals surface area contributed by atoms with Crippen LogP contribution < -0.4 is 14.8 Å². The van der Waals surface area contributed by atoms with Gasteiger partial charge in [-0.3, -0.25) is 10.1 Å². The Balaban J connectivity index is 1.27. The van der Waals surface area contributed by atoms with Crippen LogP contribution in [0.3, 0.4) is 0 Å². The van der Waals surface area contributed by atoms with Crippen molar-refractivity contribution >= 4 is 21.9 Å². The number of nitrogens with zero attached hydrogens (tertiary/aromatic N) is 3. The van der Waals surface area contributed by atoms with Crippen molar-refractivity contribution in [2.45, 2.75) is 17.9 Å². The van der Waals surface area contributed by atoms with Crippen molar-refractivity contribution in [1.82, 2.24) is 14.5 Å². The van der Waals surface area contributed by atoms with Crippen LogP contribution in [-0.4, -0.2) is 49.6 Å². The molecule has 0 bridgehead atoms. The number of methoxy groups -OCH3 is 2. The zero-order valence-corrected chi connectivity index (χ0v) is 21.0. The van der Waals surface area contributed by atoms with Gasteiger partial charge in [0.15, 0.2) is 11.5 Å². The Labute approximate surface area is 213 Å². The number of aromatic nitrogens is 2. The minimum Gasteiger partial charge on any atom is -0.493 e. The second-order valence-corrected chi connectivity index (χ2v) is 10.3. The summed E-state index contributed by atoms with van der Waals surface area (Å²) in [6.45, 7) is 0.724. The van der Waals surface area contributed by atoms with Crippen LogP contribution in [0, 0.1) is 0 Å². The maximum atomic E-state index is 13.2. The molecule has 0 radical (unpaired) electrons. The van der Waals surface area contributed by atoms with Crippen LogP contribution in [0.2, 0.25) is 0 Å². The normalized spacial score (nSPS) is 13.6. The second-order valence-electron chi connectivity index (χ2n) is 8.32. The molecule has 1 aliphatic heterocycles. The Morgan fingerprint density at radius 3 is 2.41 bits per heavy atom. The number of benzene rings is 3. The molecule has 1 aliphatic rings. The third-order valence-electron chi connectivity index (χ3n) is 6.13. The number of rotatable bonds is 7. The molecule has 0 atom stereocenters. The van der Waals surface area contributed by atoms with Crippen molar-refractivity contribution < 1.29 is 27.1 Å². The number of hydrogen-bond acceptors (Lipinski definition) is 8. The van der Waals surface area contributed by atoms with E-state index in [4.69, 9.17) is 13.9 Å². The maximum Gasteiger partial charge on any atom is 0.322 e. The van der Waals surface area contributed by atoms with Gasteiger partial charge < -0.3 is 13.9 Å². The van der Waals surface area contributed by atoms with Crippen molar-refractivity contribution in [3.8, 4) is 23.0 Å². The molecule has 0 spiro atoms. The average Bonchev–Trinajstić information content (AvgIpc) is 3.40. The van der Waals surface area contributed by atoms with E-state index in [1.807, 2.05) is 24.3 Å². The van der Waals surface area contributed by atoms with E-state index in [1.54, 1.807) is 18.2 Å². The summed E-state index contributed by atoms with van der Waals surface area (Å²) >= 11 is 0. The molecule has 10 nitrogen and oxygen atoms in total. The van der Waals surface area contributed by atoms with Crippen molar-refractivity contribution in [2.24, 2.45) is 0 Å². The van der Waals surface area contributed by atoms with Gasteiger partial charge in [0.25, 0.3) is 5.91 Å². The van der Waals surface area contributed by atoms with Gasteiger partial charge in [-0.15, -0.1) is 5.10 Å².